The van der Waals surface area contributed by atoms with Gasteiger partial charge in [-0.05, 0) is 31.5 Å². The molecule has 0 bridgehead atoms. The Balaban J connectivity index is 1.76. The van der Waals surface area contributed by atoms with Gasteiger partial charge in [-0.15, -0.1) is 0 Å². The van der Waals surface area contributed by atoms with Crippen LogP contribution in [0, 0.1) is 0 Å². The molecule has 76 valence electrons. The summed E-state index contributed by atoms with van der Waals surface area (Å²) in [5, 5.41) is 6.90. The second-order valence-electron chi connectivity index (χ2n) is 3.75. The standard InChI is InChI=1S/C11H17N3/c1-2-7-13-11(4-1)9-14-10-5-3-6-12-8-10/h1-2,4,7,10,12,14H,3,5-6,8-9H2. The van der Waals surface area contributed by atoms with Crippen LogP contribution in [0.5, 0.6) is 0 Å². The summed E-state index contributed by atoms with van der Waals surface area (Å²) in [5.41, 5.74) is 1.12. The van der Waals surface area contributed by atoms with Crippen LogP contribution in [0.4, 0.5) is 0 Å². The van der Waals surface area contributed by atoms with Crippen molar-refractivity contribution in [2.24, 2.45) is 0 Å². The van der Waals surface area contributed by atoms with E-state index in [9.17, 15) is 0 Å². The van der Waals surface area contributed by atoms with Crippen LogP contribution in [0.25, 0.3) is 0 Å². The second kappa shape index (κ2) is 5.08. The molecule has 2 rings (SSSR count). The van der Waals surface area contributed by atoms with Gasteiger partial charge in [0.05, 0.1) is 5.69 Å². The van der Waals surface area contributed by atoms with Gasteiger partial charge >= 0.3 is 0 Å². The molecule has 0 aromatic carbocycles. The van der Waals surface area contributed by atoms with Crippen LogP contribution < -0.4 is 10.6 Å². The van der Waals surface area contributed by atoms with Crippen LogP contribution in [0.3, 0.4) is 0 Å². The molecular formula is C11H17N3. The molecule has 3 nitrogen and oxygen atoms in total. The molecule has 1 saturated heterocycles. The minimum absolute atomic E-state index is 0.616. The van der Waals surface area contributed by atoms with Crippen molar-refractivity contribution in [3.8, 4) is 0 Å². The Morgan fingerprint density at radius 2 is 2.50 bits per heavy atom. The molecular weight excluding hydrogens is 174 g/mol. The van der Waals surface area contributed by atoms with Gasteiger partial charge in [-0.2, -0.15) is 0 Å². The summed E-state index contributed by atoms with van der Waals surface area (Å²) in [7, 11) is 0. The van der Waals surface area contributed by atoms with Crippen molar-refractivity contribution < 1.29 is 0 Å². The van der Waals surface area contributed by atoms with Crippen LogP contribution in [0.1, 0.15) is 18.5 Å². The topological polar surface area (TPSA) is 37.0 Å². The average molecular weight is 191 g/mol. The van der Waals surface area contributed by atoms with E-state index in [1.807, 2.05) is 18.3 Å². The van der Waals surface area contributed by atoms with E-state index in [2.05, 4.69) is 21.7 Å². The normalized spacial score (nSPS) is 22.1. The lowest BCUT2D eigenvalue weighted by Crippen LogP contribution is -2.42. The zero-order valence-corrected chi connectivity index (χ0v) is 8.37. The predicted octanol–water partition coefficient (Wildman–Crippen LogP) is 0.923. The zero-order chi connectivity index (χ0) is 9.64. The minimum atomic E-state index is 0.616. The number of hydrogen-bond acceptors (Lipinski definition) is 3. The summed E-state index contributed by atoms with van der Waals surface area (Å²) in [6.45, 7) is 3.14. The molecule has 1 aromatic heterocycles. The summed E-state index contributed by atoms with van der Waals surface area (Å²) in [6, 6.07) is 6.66. The van der Waals surface area contributed by atoms with E-state index in [0.717, 1.165) is 18.8 Å². The molecule has 1 fully saturated rings. The van der Waals surface area contributed by atoms with E-state index in [1.165, 1.54) is 19.4 Å². The molecule has 14 heavy (non-hydrogen) atoms. The van der Waals surface area contributed by atoms with Gasteiger partial charge in [0.25, 0.3) is 0 Å². The average Bonchev–Trinajstić information content (AvgIpc) is 2.29. The monoisotopic (exact) mass is 191 g/mol. The fourth-order valence-corrected chi connectivity index (χ4v) is 1.78. The van der Waals surface area contributed by atoms with E-state index >= 15 is 0 Å². The Morgan fingerprint density at radius 1 is 1.50 bits per heavy atom. The molecule has 0 amide bonds. The highest BCUT2D eigenvalue weighted by molar-refractivity contribution is 5.03. The van der Waals surface area contributed by atoms with Gasteiger partial charge < -0.3 is 10.6 Å². The first-order valence-electron chi connectivity index (χ1n) is 5.29. The van der Waals surface area contributed by atoms with Crippen molar-refractivity contribution in [3.63, 3.8) is 0 Å². The SMILES string of the molecule is c1ccc(CNC2CCCNC2)nc1. The third-order valence-electron chi connectivity index (χ3n) is 2.59. The Labute approximate surface area is 84.9 Å². The molecule has 0 aliphatic carbocycles. The van der Waals surface area contributed by atoms with Crippen molar-refractivity contribution in [2.45, 2.75) is 25.4 Å². The molecule has 1 atom stereocenters. The fraction of sp³-hybridized carbons (Fsp3) is 0.545. The summed E-state index contributed by atoms with van der Waals surface area (Å²) < 4.78 is 0. The van der Waals surface area contributed by atoms with Gasteiger partial charge in [-0.25, -0.2) is 0 Å². The molecule has 2 N–H and O–H groups in total. The third-order valence-corrected chi connectivity index (χ3v) is 2.59. The number of rotatable bonds is 3. The highest BCUT2D eigenvalue weighted by atomic mass is 15.0. The maximum atomic E-state index is 4.28. The molecule has 0 radical (unpaired) electrons. The fourth-order valence-electron chi connectivity index (χ4n) is 1.78. The second-order valence-corrected chi connectivity index (χ2v) is 3.75. The maximum absolute atomic E-state index is 4.28. The van der Waals surface area contributed by atoms with Gasteiger partial charge in [-0.1, -0.05) is 6.07 Å². The first-order valence-corrected chi connectivity index (χ1v) is 5.29. The number of hydrogen-bond donors (Lipinski definition) is 2. The highest BCUT2D eigenvalue weighted by Crippen LogP contribution is 2.02. The first-order chi connectivity index (χ1) is 6.95. The smallest absolute Gasteiger partial charge is 0.0541 e. The van der Waals surface area contributed by atoms with E-state index in [-0.39, 0.29) is 0 Å². The Kier molecular flexibility index (Phi) is 3.49. The molecule has 1 unspecified atom stereocenters. The number of nitrogens with zero attached hydrogens (tertiary/aromatic N) is 1. The van der Waals surface area contributed by atoms with Crippen molar-refractivity contribution in [1.29, 1.82) is 0 Å². The molecule has 1 aliphatic heterocycles. The lowest BCUT2D eigenvalue weighted by Gasteiger charge is -2.23. The number of nitrogens with one attached hydrogen (secondary N) is 2. The van der Waals surface area contributed by atoms with Gasteiger partial charge in [0.15, 0.2) is 0 Å². The Bertz CT molecular complexity index is 254. The van der Waals surface area contributed by atoms with Gasteiger partial charge in [0.2, 0.25) is 0 Å². The van der Waals surface area contributed by atoms with Gasteiger partial charge in [0.1, 0.15) is 0 Å². The third kappa shape index (κ3) is 2.79. The van der Waals surface area contributed by atoms with Crippen molar-refractivity contribution >= 4 is 0 Å². The summed E-state index contributed by atoms with van der Waals surface area (Å²) in [5.74, 6) is 0. The van der Waals surface area contributed by atoms with Crippen LogP contribution in [-0.4, -0.2) is 24.1 Å². The van der Waals surface area contributed by atoms with Crippen molar-refractivity contribution in [1.82, 2.24) is 15.6 Å². The number of pyridine rings is 1. The largest absolute Gasteiger partial charge is 0.315 e. The minimum Gasteiger partial charge on any atom is -0.315 e. The van der Waals surface area contributed by atoms with Crippen LogP contribution in [0.15, 0.2) is 24.4 Å². The van der Waals surface area contributed by atoms with Crippen LogP contribution in [0.2, 0.25) is 0 Å². The van der Waals surface area contributed by atoms with Crippen molar-refractivity contribution in [2.75, 3.05) is 13.1 Å². The summed E-state index contributed by atoms with van der Waals surface area (Å²) in [6.07, 6.45) is 4.40. The Morgan fingerprint density at radius 3 is 3.21 bits per heavy atom. The summed E-state index contributed by atoms with van der Waals surface area (Å²) in [4.78, 5) is 4.28. The van der Waals surface area contributed by atoms with Crippen LogP contribution in [-0.2, 0) is 6.54 Å². The highest BCUT2D eigenvalue weighted by Gasteiger charge is 2.11. The van der Waals surface area contributed by atoms with E-state index in [1.54, 1.807) is 0 Å². The van der Waals surface area contributed by atoms with E-state index in [0.29, 0.717) is 6.04 Å². The Hall–Kier alpha value is -0.930. The molecule has 1 aromatic rings. The lowest BCUT2D eigenvalue weighted by molar-refractivity contribution is 0.387. The molecule has 3 heteroatoms. The van der Waals surface area contributed by atoms with Crippen LogP contribution >= 0.6 is 0 Å². The lowest BCUT2D eigenvalue weighted by atomic mass is 10.1. The number of piperidine rings is 1. The quantitative estimate of drug-likeness (QED) is 0.746. The van der Waals surface area contributed by atoms with Gasteiger partial charge in [-0.3, -0.25) is 4.98 Å². The maximum Gasteiger partial charge on any atom is 0.0541 e. The molecule has 0 saturated carbocycles. The predicted molar refractivity (Wildman–Crippen MR) is 57.0 cm³/mol. The zero-order valence-electron chi connectivity index (χ0n) is 8.37. The first kappa shape index (κ1) is 9.62. The summed E-state index contributed by atoms with van der Waals surface area (Å²) >= 11 is 0. The van der Waals surface area contributed by atoms with Crippen molar-refractivity contribution in [3.05, 3.63) is 30.1 Å². The van der Waals surface area contributed by atoms with E-state index < -0.39 is 0 Å². The van der Waals surface area contributed by atoms with E-state index in [4.69, 9.17) is 0 Å². The molecule has 2 heterocycles. The molecule has 1 aliphatic rings. The number of aromatic nitrogens is 1. The molecule has 0 spiro atoms. The van der Waals surface area contributed by atoms with Gasteiger partial charge in [0, 0.05) is 25.3 Å².